The van der Waals surface area contributed by atoms with Gasteiger partial charge in [0, 0.05) is 0 Å². The fourth-order valence-corrected chi connectivity index (χ4v) is 7.19. The molecule has 212 valence electrons. The first-order valence-electron chi connectivity index (χ1n) is 15.7. The Bertz CT molecular complexity index is 2420. The number of rotatable bonds is 2. The van der Waals surface area contributed by atoms with Gasteiger partial charge in [0.2, 0.25) is 0 Å². The zero-order valence-electron chi connectivity index (χ0n) is 26.1. The highest BCUT2D eigenvalue weighted by molar-refractivity contribution is 6.26. The first kappa shape index (κ1) is 26.7. The third-order valence-electron chi connectivity index (χ3n) is 9.65. The third-order valence-corrected chi connectivity index (χ3v) is 9.65. The van der Waals surface area contributed by atoms with Gasteiger partial charge >= 0.3 is 0 Å². The minimum Gasteiger partial charge on any atom is -0.0622 e. The van der Waals surface area contributed by atoms with Crippen LogP contribution in [0, 0.1) is 13.8 Å². The summed E-state index contributed by atoms with van der Waals surface area (Å²) in [7, 11) is 0. The van der Waals surface area contributed by atoms with E-state index in [2.05, 4.69) is 162 Å². The summed E-state index contributed by atoms with van der Waals surface area (Å²) in [4.78, 5) is 0. The van der Waals surface area contributed by atoms with E-state index in [1.807, 2.05) is 0 Å². The quantitative estimate of drug-likeness (QED) is 0.145. The summed E-state index contributed by atoms with van der Waals surface area (Å²) in [6.45, 7) is 11.3. The molecule has 0 amide bonds. The van der Waals surface area contributed by atoms with Crippen molar-refractivity contribution in [1.82, 2.24) is 0 Å². The van der Waals surface area contributed by atoms with Gasteiger partial charge < -0.3 is 0 Å². The summed E-state index contributed by atoms with van der Waals surface area (Å²) in [6, 6.07) is 48.0. The molecule has 0 saturated carbocycles. The highest BCUT2D eigenvalue weighted by Crippen LogP contribution is 2.47. The van der Waals surface area contributed by atoms with Crippen molar-refractivity contribution >= 4 is 53.9 Å². The van der Waals surface area contributed by atoms with Crippen molar-refractivity contribution in [1.29, 1.82) is 0 Å². The molecule has 8 aromatic rings. The lowest BCUT2D eigenvalue weighted by atomic mass is 9.80. The first-order chi connectivity index (χ1) is 21.3. The number of hydrogen-bond donors (Lipinski definition) is 0. The van der Waals surface area contributed by atoms with Crippen molar-refractivity contribution in [3.8, 4) is 22.3 Å². The van der Waals surface area contributed by atoms with E-state index in [1.54, 1.807) is 0 Å². The molecule has 0 nitrogen and oxygen atoms in total. The second kappa shape index (κ2) is 9.79. The van der Waals surface area contributed by atoms with Crippen LogP contribution >= 0.6 is 0 Å². The van der Waals surface area contributed by atoms with E-state index < -0.39 is 0 Å². The molecule has 0 saturated heterocycles. The molecule has 0 heterocycles. The van der Waals surface area contributed by atoms with Crippen molar-refractivity contribution in [2.75, 3.05) is 0 Å². The fraction of sp³-hybridized carbons (Fsp3) is 0.136. The molecule has 8 aromatic carbocycles. The summed E-state index contributed by atoms with van der Waals surface area (Å²) >= 11 is 0. The molecule has 0 aliphatic heterocycles. The maximum Gasteiger partial charge on any atom is -0.00199 e. The van der Waals surface area contributed by atoms with Crippen LogP contribution in [0.3, 0.4) is 0 Å². The first-order valence-corrected chi connectivity index (χ1v) is 15.7. The summed E-state index contributed by atoms with van der Waals surface area (Å²) in [5.41, 5.74) is 9.24. The zero-order chi connectivity index (χ0) is 30.2. The van der Waals surface area contributed by atoms with Crippen molar-refractivity contribution in [3.63, 3.8) is 0 Å². The minimum atomic E-state index is 0.0428. The Labute approximate surface area is 259 Å². The largest absolute Gasteiger partial charge is 0.0622 e. The summed E-state index contributed by atoms with van der Waals surface area (Å²) in [6.07, 6.45) is 0. The molecule has 0 N–H and O–H groups in total. The SMILES string of the molecule is Cc1cc2cc3cc(-c4c5ccccc5c(-c5ccccc5)c5cc(C(C)(C)C)ccc45)c4ccccc4c3cc2cc1C. The number of fused-ring (bicyclic) bond motifs is 6. The molecule has 0 radical (unpaired) electrons. The van der Waals surface area contributed by atoms with Gasteiger partial charge in [-0.15, -0.1) is 0 Å². The van der Waals surface area contributed by atoms with Crippen LogP contribution in [0.2, 0.25) is 0 Å². The Kier molecular flexibility index (Phi) is 5.94. The molecule has 0 spiro atoms. The van der Waals surface area contributed by atoms with E-state index >= 15 is 0 Å². The Morgan fingerprint density at radius 2 is 0.955 bits per heavy atom. The van der Waals surface area contributed by atoms with Gasteiger partial charge in [-0.05, 0) is 136 Å². The number of aryl methyl sites for hydroxylation is 2. The van der Waals surface area contributed by atoms with Gasteiger partial charge in [-0.2, -0.15) is 0 Å². The van der Waals surface area contributed by atoms with Gasteiger partial charge in [-0.25, -0.2) is 0 Å². The highest BCUT2D eigenvalue weighted by Gasteiger charge is 2.22. The van der Waals surface area contributed by atoms with E-state index in [9.17, 15) is 0 Å². The molecule has 44 heavy (non-hydrogen) atoms. The van der Waals surface area contributed by atoms with Gasteiger partial charge in [0.1, 0.15) is 0 Å². The number of benzene rings is 8. The van der Waals surface area contributed by atoms with Gasteiger partial charge in [0.15, 0.2) is 0 Å². The van der Waals surface area contributed by atoms with Crippen molar-refractivity contribution < 1.29 is 0 Å². The third kappa shape index (κ3) is 4.13. The number of hydrogen-bond acceptors (Lipinski definition) is 0. The van der Waals surface area contributed by atoms with Gasteiger partial charge in [0.05, 0.1) is 0 Å². The molecule has 0 aliphatic rings. The average molecular weight is 565 g/mol. The van der Waals surface area contributed by atoms with Crippen LogP contribution in [0.4, 0.5) is 0 Å². The average Bonchev–Trinajstić information content (AvgIpc) is 3.03. The lowest BCUT2D eigenvalue weighted by Gasteiger charge is -2.23. The molecule has 0 aromatic heterocycles. The minimum absolute atomic E-state index is 0.0428. The van der Waals surface area contributed by atoms with E-state index in [-0.39, 0.29) is 5.41 Å². The predicted octanol–water partition coefficient (Wildman–Crippen LogP) is 12.7. The fourth-order valence-electron chi connectivity index (χ4n) is 7.19. The second-order valence-corrected chi connectivity index (χ2v) is 13.5. The van der Waals surface area contributed by atoms with E-state index in [4.69, 9.17) is 0 Å². The standard InChI is InChI=1S/C44H36/c1-27-21-30-23-32-25-40(35-16-10-9-15-34(35)39(32)24-31(30)22-28(27)2)43-37-18-12-11-17-36(37)42(29-13-7-6-8-14-29)41-26-33(44(3,4)5)19-20-38(41)43/h6-26H,1-5H3. The highest BCUT2D eigenvalue weighted by atomic mass is 14.2. The lowest BCUT2D eigenvalue weighted by molar-refractivity contribution is 0.591. The van der Waals surface area contributed by atoms with Crippen LogP contribution < -0.4 is 0 Å². The van der Waals surface area contributed by atoms with Gasteiger partial charge in [0.25, 0.3) is 0 Å². The predicted molar refractivity (Wildman–Crippen MR) is 193 cm³/mol. The summed E-state index contributed by atoms with van der Waals surface area (Å²) in [5, 5.41) is 13.0. The molecule has 0 unspecified atom stereocenters. The monoisotopic (exact) mass is 564 g/mol. The molecule has 0 atom stereocenters. The van der Waals surface area contributed by atoms with Gasteiger partial charge in [-0.1, -0.05) is 124 Å². The zero-order valence-corrected chi connectivity index (χ0v) is 26.1. The van der Waals surface area contributed by atoms with Crippen molar-refractivity contribution in [2.24, 2.45) is 0 Å². The molecule has 8 rings (SSSR count). The smallest absolute Gasteiger partial charge is 0.00199 e. The molecular formula is C44H36. The maximum atomic E-state index is 2.45. The maximum absolute atomic E-state index is 2.45. The Morgan fingerprint density at radius 1 is 0.386 bits per heavy atom. The molecule has 0 bridgehead atoms. The molecular weight excluding hydrogens is 528 g/mol. The Morgan fingerprint density at radius 3 is 1.64 bits per heavy atom. The second-order valence-electron chi connectivity index (χ2n) is 13.5. The van der Waals surface area contributed by atoms with Crippen LogP contribution in [0.5, 0.6) is 0 Å². The van der Waals surface area contributed by atoms with E-state index in [1.165, 1.54) is 92.8 Å². The topological polar surface area (TPSA) is 0 Å². The molecule has 0 fully saturated rings. The van der Waals surface area contributed by atoms with Crippen LogP contribution in [-0.4, -0.2) is 0 Å². The van der Waals surface area contributed by atoms with Crippen molar-refractivity contribution in [2.45, 2.75) is 40.0 Å². The normalized spacial score (nSPS) is 12.2. The van der Waals surface area contributed by atoms with Crippen LogP contribution in [-0.2, 0) is 5.41 Å². The van der Waals surface area contributed by atoms with E-state index in [0.717, 1.165) is 0 Å². The van der Waals surface area contributed by atoms with Crippen LogP contribution in [0.15, 0.2) is 127 Å². The summed E-state index contributed by atoms with van der Waals surface area (Å²) in [5.74, 6) is 0. The lowest BCUT2D eigenvalue weighted by Crippen LogP contribution is -2.10. The Hall–Kier alpha value is -4.94. The van der Waals surface area contributed by atoms with Crippen molar-refractivity contribution in [3.05, 3.63) is 144 Å². The summed E-state index contributed by atoms with van der Waals surface area (Å²) < 4.78 is 0. The van der Waals surface area contributed by atoms with Crippen LogP contribution in [0.1, 0.15) is 37.5 Å². The molecule has 0 heteroatoms. The Balaban J connectivity index is 1.57. The van der Waals surface area contributed by atoms with E-state index in [0.29, 0.717) is 0 Å². The van der Waals surface area contributed by atoms with Gasteiger partial charge in [-0.3, -0.25) is 0 Å². The molecule has 0 aliphatic carbocycles. The van der Waals surface area contributed by atoms with Crippen LogP contribution in [0.25, 0.3) is 76.1 Å².